The fraction of sp³-hybridized carbons (Fsp3) is 0.250. The minimum atomic E-state index is -2.43. The Bertz CT molecular complexity index is 598. The molecule has 0 aliphatic carbocycles. The Balaban J connectivity index is 2.10. The molecule has 0 bridgehead atoms. The van der Waals surface area contributed by atoms with Crippen LogP contribution in [0.2, 0.25) is 5.02 Å². The van der Waals surface area contributed by atoms with Crippen LogP contribution in [0.15, 0.2) is 42.5 Å². The summed E-state index contributed by atoms with van der Waals surface area (Å²) in [4.78, 5) is 1.98. The van der Waals surface area contributed by atoms with Gasteiger partial charge in [0.25, 0.3) is 6.43 Å². The van der Waals surface area contributed by atoms with E-state index in [2.05, 4.69) is 5.32 Å². The van der Waals surface area contributed by atoms with E-state index < -0.39 is 6.43 Å². The molecule has 0 heterocycles. The monoisotopic (exact) mass is 310 g/mol. The molecule has 2 aromatic carbocycles. The Morgan fingerprint density at radius 3 is 2.33 bits per heavy atom. The second-order valence-electron chi connectivity index (χ2n) is 4.95. The highest BCUT2D eigenvalue weighted by atomic mass is 35.5. The van der Waals surface area contributed by atoms with Crippen LogP contribution in [0.4, 0.5) is 20.2 Å². The third kappa shape index (κ3) is 4.08. The molecule has 2 rings (SSSR count). The average Bonchev–Trinajstić information content (AvgIpc) is 2.45. The molecule has 0 fully saturated rings. The number of rotatable bonds is 5. The molecule has 2 aromatic rings. The molecule has 0 atom stereocenters. The highest BCUT2D eigenvalue weighted by molar-refractivity contribution is 6.31. The molecule has 112 valence electrons. The van der Waals surface area contributed by atoms with Crippen LogP contribution >= 0.6 is 11.6 Å². The van der Waals surface area contributed by atoms with Gasteiger partial charge in [-0.2, -0.15) is 0 Å². The SMILES string of the molecule is CN(C)c1ccc(Cl)cc1NCc1ccc(C(F)F)cc1. The van der Waals surface area contributed by atoms with E-state index in [1.54, 1.807) is 12.1 Å². The van der Waals surface area contributed by atoms with Crippen molar-refractivity contribution in [2.45, 2.75) is 13.0 Å². The van der Waals surface area contributed by atoms with Crippen molar-refractivity contribution in [1.29, 1.82) is 0 Å². The van der Waals surface area contributed by atoms with E-state index >= 15 is 0 Å². The van der Waals surface area contributed by atoms with Crippen molar-refractivity contribution in [2.24, 2.45) is 0 Å². The lowest BCUT2D eigenvalue weighted by molar-refractivity contribution is 0.151. The standard InChI is InChI=1S/C16H17ClF2N2/c1-21(2)15-8-7-13(17)9-14(15)20-10-11-3-5-12(6-4-11)16(18)19/h3-9,16,20H,10H2,1-2H3. The van der Waals surface area contributed by atoms with Crippen LogP contribution in [0, 0.1) is 0 Å². The molecule has 21 heavy (non-hydrogen) atoms. The molecule has 5 heteroatoms. The van der Waals surface area contributed by atoms with Crippen LogP contribution in [0.3, 0.4) is 0 Å². The van der Waals surface area contributed by atoms with Crippen molar-refractivity contribution in [1.82, 2.24) is 0 Å². The molecule has 0 spiro atoms. The third-order valence-corrected chi connectivity index (χ3v) is 3.39. The lowest BCUT2D eigenvalue weighted by Gasteiger charge is -2.19. The molecule has 0 saturated carbocycles. The van der Waals surface area contributed by atoms with Crippen LogP contribution in [-0.2, 0) is 6.54 Å². The van der Waals surface area contributed by atoms with E-state index in [4.69, 9.17) is 11.6 Å². The fourth-order valence-corrected chi connectivity index (χ4v) is 2.19. The van der Waals surface area contributed by atoms with Gasteiger partial charge in [0.2, 0.25) is 0 Å². The van der Waals surface area contributed by atoms with Gasteiger partial charge < -0.3 is 10.2 Å². The lowest BCUT2D eigenvalue weighted by atomic mass is 10.1. The van der Waals surface area contributed by atoms with E-state index in [9.17, 15) is 8.78 Å². The normalized spacial score (nSPS) is 10.8. The first-order chi connectivity index (χ1) is 9.97. The van der Waals surface area contributed by atoms with Crippen LogP contribution in [0.25, 0.3) is 0 Å². The highest BCUT2D eigenvalue weighted by Gasteiger charge is 2.07. The van der Waals surface area contributed by atoms with Crippen LogP contribution < -0.4 is 10.2 Å². The Morgan fingerprint density at radius 1 is 1.10 bits per heavy atom. The summed E-state index contributed by atoms with van der Waals surface area (Å²) in [5.74, 6) is 0. The molecule has 1 N–H and O–H groups in total. The quantitative estimate of drug-likeness (QED) is 0.840. The van der Waals surface area contributed by atoms with Gasteiger partial charge in [0, 0.05) is 31.2 Å². The van der Waals surface area contributed by atoms with Gasteiger partial charge in [-0.3, -0.25) is 0 Å². The number of nitrogens with zero attached hydrogens (tertiary/aromatic N) is 1. The maximum atomic E-state index is 12.5. The average molecular weight is 311 g/mol. The number of hydrogen-bond donors (Lipinski definition) is 1. The minimum Gasteiger partial charge on any atom is -0.379 e. The molecule has 0 amide bonds. The van der Waals surface area contributed by atoms with Gasteiger partial charge in [0.1, 0.15) is 0 Å². The minimum absolute atomic E-state index is 0.0375. The Hall–Kier alpha value is -1.81. The van der Waals surface area contributed by atoms with Crippen molar-refractivity contribution in [3.63, 3.8) is 0 Å². The van der Waals surface area contributed by atoms with E-state index in [1.807, 2.05) is 37.2 Å². The zero-order chi connectivity index (χ0) is 15.4. The largest absolute Gasteiger partial charge is 0.379 e. The summed E-state index contributed by atoms with van der Waals surface area (Å²) in [7, 11) is 3.90. The summed E-state index contributed by atoms with van der Waals surface area (Å²) >= 11 is 6.02. The Kier molecular flexibility index (Phi) is 5.02. The van der Waals surface area contributed by atoms with Crippen molar-refractivity contribution >= 4 is 23.0 Å². The summed E-state index contributed by atoms with van der Waals surface area (Å²) in [5, 5.41) is 3.94. The summed E-state index contributed by atoms with van der Waals surface area (Å²) in [6, 6.07) is 11.9. The molecule has 0 saturated heterocycles. The molecular weight excluding hydrogens is 294 g/mol. The van der Waals surface area contributed by atoms with E-state index in [1.165, 1.54) is 12.1 Å². The first-order valence-electron chi connectivity index (χ1n) is 6.55. The third-order valence-electron chi connectivity index (χ3n) is 3.16. The smallest absolute Gasteiger partial charge is 0.263 e. The van der Waals surface area contributed by atoms with Crippen LogP contribution in [0.5, 0.6) is 0 Å². The molecule has 0 aliphatic rings. The van der Waals surface area contributed by atoms with Crippen molar-refractivity contribution in [3.05, 3.63) is 58.6 Å². The van der Waals surface area contributed by atoms with E-state index in [0.717, 1.165) is 16.9 Å². The van der Waals surface area contributed by atoms with Gasteiger partial charge >= 0.3 is 0 Å². The number of nitrogens with one attached hydrogen (secondary N) is 1. The Morgan fingerprint density at radius 2 is 1.76 bits per heavy atom. The number of alkyl halides is 2. The second kappa shape index (κ2) is 6.76. The first-order valence-corrected chi connectivity index (χ1v) is 6.93. The van der Waals surface area contributed by atoms with Crippen molar-refractivity contribution < 1.29 is 8.78 Å². The summed E-state index contributed by atoms with van der Waals surface area (Å²) in [6.45, 7) is 0.546. The lowest BCUT2D eigenvalue weighted by Crippen LogP contribution is -2.12. The molecule has 0 unspecified atom stereocenters. The maximum absolute atomic E-state index is 12.5. The number of benzene rings is 2. The summed E-state index contributed by atoms with van der Waals surface area (Å²) in [5.41, 5.74) is 2.90. The van der Waals surface area contributed by atoms with Gasteiger partial charge in [-0.15, -0.1) is 0 Å². The van der Waals surface area contributed by atoms with E-state index in [0.29, 0.717) is 11.6 Å². The zero-order valence-electron chi connectivity index (χ0n) is 11.9. The topological polar surface area (TPSA) is 15.3 Å². The number of anilines is 2. The van der Waals surface area contributed by atoms with Gasteiger partial charge in [-0.25, -0.2) is 8.78 Å². The molecule has 0 radical (unpaired) electrons. The second-order valence-corrected chi connectivity index (χ2v) is 5.39. The van der Waals surface area contributed by atoms with Gasteiger partial charge in [0.05, 0.1) is 11.4 Å². The Labute approximate surface area is 128 Å². The predicted molar refractivity (Wildman–Crippen MR) is 84.5 cm³/mol. The van der Waals surface area contributed by atoms with Gasteiger partial charge in [0.15, 0.2) is 0 Å². The maximum Gasteiger partial charge on any atom is 0.263 e. The number of hydrogen-bond acceptors (Lipinski definition) is 2. The van der Waals surface area contributed by atoms with Crippen LogP contribution in [-0.4, -0.2) is 14.1 Å². The van der Waals surface area contributed by atoms with Crippen molar-refractivity contribution in [3.8, 4) is 0 Å². The first kappa shape index (κ1) is 15.6. The van der Waals surface area contributed by atoms with Gasteiger partial charge in [-0.1, -0.05) is 35.9 Å². The molecule has 0 aliphatic heterocycles. The van der Waals surface area contributed by atoms with E-state index in [-0.39, 0.29) is 5.56 Å². The number of halogens is 3. The molecule has 2 nitrogen and oxygen atoms in total. The summed E-state index contributed by atoms with van der Waals surface area (Å²) < 4.78 is 25.0. The molecular formula is C16H17ClF2N2. The van der Waals surface area contributed by atoms with Gasteiger partial charge in [-0.05, 0) is 23.8 Å². The van der Waals surface area contributed by atoms with Crippen LogP contribution in [0.1, 0.15) is 17.6 Å². The fourth-order valence-electron chi connectivity index (χ4n) is 2.02. The predicted octanol–water partition coefficient (Wildman–Crippen LogP) is 4.96. The highest BCUT2D eigenvalue weighted by Crippen LogP contribution is 2.28. The molecule has 0 aromatic heterocycles. The summed E-state index contributed by atoms with van der Waals surface area (Å²) in [6.07, 6.45) is -2.43. The van der Waals surface area contributed by atoms with Crippen molar-refractivity contribution in [2.75, 3.05) is 24.3 Å². The zero-order valence-corrected chi connectivity index (χ0v) is 12.7.